The highest BCUT2D eigenvalue weighted by Gasteiger charge is 1.97. The van der Waals surface area contributed by atoms with Crippen molar-refractivity contribution in [1.82, 2.24) is 0 Å². The first-order valence-electron chi connectivity index (χ1n) is 4.12. The molecule has 12 heavy (non-hydrogen) atoms. The fourth-order valence-electron chi connectivity index (χ4n) is 1.10. The van der Waals surface area contributed by atoms with E-state index in [1.807, 2.05) is 18.2 Å². The summed E-state index contributed by atoms with van der Waals surface area (Å²) in [5, 5.41) is 0. The van der Waals surface area contributed by atoms with Gasteiger partial charge in [-0.15, -0.1) is 5.73 Å². The van der Waals surface area contributed by atoms with Crippen LogP contribution in [0.2, 0.25) is 0 Å². The lowest BCUT2D eigenvalue weighted by atomic mass is 10.1. The Labute approximate surface area is 73.7 Å². The Morgan fingerprint density at radius 1 is 1.50 bits per heavy atom. The minimum atomic E-state index is 0.776. The second-order valence-corrected chi connectivity index (χ2v) is 2.79. The third-order valence-electron chi connectivity index (χ3n) is 1.88. The van der Waals surface area contributed by atoms with E-state index in [1.165, 1.54) is 11.1 Å². The van der Waals surface area contributed by atoms with E-state index in [9.17, 15) is 0 Å². The molecule has 1 aliphatic carbocycles. The van der Waals surface area contributed by atoms with Gasteiger partial charge in [-0.2, -0.15) is 0 Å². The minimum absolute atomic E-state index is 0.776. The summed E-state index contributed by atoms with van der Waals surface area (Å²) in [5.41, 5.74) is 5.69. The number of rotatable bonds is 3. The van der Waals surface area contributed by atoms with Crippen LogP contribution in [0, 0.1) is 0 Å². The van der Waals surface area contributed by atoms with E-state index in [-0.39, 0.29) is 0 Å². The van der Waals surface area contributed by atoms with Gasteiger partial charge in [-0.05, 0) is 36.6 Å². The Balaban J connectivity index is 2.70. The van der Waals surface area contributed by atoms with Gasteiger partial charge in [-0.1, -0.05) is 12.2 Å². The molecule has 0 aliphatic heterocycles. The zero-order chi connectivity index (χ0) is 8.81. The normalized spacial score (nSPS) is 15.5. The second-order valence-electron chi connectivity index (χ2n) is 2.79. The van der Waals surface area contributed by atoms with E-state index < -0.39 is 0 Å². The van der Waals surface area contributed by atoms with Crippen molar-refractivity contribution in [3.8, 4) is 0 Å². The molecule has 0 bridgehead atoms. The summed E-state index contributed by atoms with van der Waals surface area (Å²) in [6, 6.07) is 0. The number of hydrogen-bond acceptors (Lipinski definition) is 1. The van der Waals surface area contributed by atoms with Crippen LogP contribution in [0.1, 0.15) is 13.3 Å². The number of methoxy groups -OCH3 is 1. The van der Waals surface area contributed by atoms with E-state index in [0.717, 1.165) is 13.0 Å². The Hall–Kier alpha value is -1.04. The summed E-state index contributed by atoms with van der Waals surface area (Å²) in [5.74, 6) is 0. The van der Waals surface area contributed by atoms with Crippen LogP contribution in [0.5, 0.6) is 0 Å². The van der Waals surface area contributed by atoms with Gasteiger partial charge in [0, 0.05) is 7.11 Å². The third kappa shape index (κ3) is 2.54. The molecule has 0 unspecified atom stereocenters. The molecule has 0 amide bonds. The summed E-state index contributed by atoms with van der Waals surface area (Å²) >= 11 is 0. The van der Waals surface area contributed by atoms with Gasteiger partial charge in [-0.25, -0.2) is 0 Å². The smallest absolute Gasteiger partial charge is 0.0502 e. The monoisotopic (exact) mass is 162 g/mol. The predicted molar refractivity (Wildman–Crippen MR) is 51.0 cm³/mol. The van der Waals surface area contributed by atoms with Crippen molar-refractivity contribution in [2.75, 3.05) is 13.7 Å². The minimum Gasteiger partial charge on any atom is -0.384 e. The van der Waals surface area contributed by atoms with E-state index in [1.54, 1.807) is 7.11 Å². The molecular formula is C11H14O. The molecule has 0 heterocycles. The van der Waals surface area contributed by atoms with E-state index in [4.69, 9.17) is 4.74 Å². The van der Waals surface area contributed by atoms with Crippen LogP contribution >= 0.6 is 0 Å². The van der Waals surface area contributed by atoms with Crippen LogP contribution in [0.4, 0.5) is 0 Å². The molecule has 0 radical (unpaired) electrons. The van der Waals surface area contributed by atoms with Gasteiger partial charge in [-0.3, -0.25) is 0 Å². The van der Waals surface area contributed by atoms with Crippen molar-refractivity contribution < 1.29 is 4.74 Å². The van der Waals surface area contributed by atoms with Crippen molar-refractivity contribution in [3.05, 3.63) is 41.2 Å². The van der Waals surface area contributed by atoms with Crippen molar-refractivity contribution in [2.24, 2.45) is 0 Å². The molecule has 1 heteroatoms. The highest BCUT2D eigenvalue weighted by atomic mass is 16.5. The predicted octanol–water partition coefficient (Wildman–Crippen LogP) is 2.62. The van der Waals surface area contributed by atoms with Gasteiger partial charge in [0.05, 0.1) is 6.61 Å². The first-order valence-corrected chi connectivity index (χ1v) is 4.12. The number of ether oxygens (including phenoxy) is 1. The van der Waals surface area contributed by atoms with Gasteiger partial charge in [0.2, 0.25) is 0 Å². The lowest BCUT2D eigenvalue weighted by Crippen LogP contribution is -1.91. The Kier molecular flexibility index (Phi) is 3.59. The van der Waals surface area contributed by atoms with Crippen LogP contribution in [-0.2, 0) is 4.74 Å². The maximum absolute atomic E-state index is 5.02. The van der Waals surface area contributed by atoms with Crippen LogP contribution in [0.15, 0.2) is 41.2 Å². The molecule has 0 aromatic carbocycles. The molecular weight excluding hydrogens is 148 g/mol. The average Bonchev–Trinajstić information content (AvgIpc) is 2.27. The molecule has 1 rings (SSSR count). The summed E-state index contributed by atoms with van der Waals surface area (Å²) < 4.78 is 5.02. The quantitative estimate of drug-likeness (QED) is 0.580. The highest BCUT2D eigenvalue weighted by molar-refractivity contribution is 5.35. The summed E-state index contributed by atoms with van der Waals surface area (Å²) in [7, 11) is 1.72. The molecule has 0 saturated heterocycles. The first-order chi connectivity index (χ1) is 5.84. The van der Waals surface area contributed by atoms with Gasteiger partial charge < -0.3 is 4.74 Å². The Morgan fingerprint density at radius 2 is 2.33 bits per heavy atom. The maximum atomic E-state index is 5.02. The van der Waals surface area contributed by atoms with Gasteiger partial charge in [0.25, 0.3) is 0 Å². The second kappa shape index (κ2) is 4.76. The van der Waals surface area contributed by atoms with Crippen molar-refractivity contribution in [3.63, 3.8) is 0 Å². The molecule has 0 atom stereocenters. The van der Waals surface area contributed by atoms with Gasteiger partial charge >= 0.3 is 0 Å². The van der Waals surface area contributed by atoms with Gasteiger partial charge in [0.1, 0.15) is 0 Å². The van der Waals surface area contributed by atoms with Crippen LogP contribution in [0.3, 0.4) is 0 Å². The van der Waals surface area contributed by atoms with Gasteiger partial charge in [0.15, 0.2) is 0 Å². The Morgan fingerprint density at radius 3 is 3.08 bits per heavy atom. The van der Waals surface area contributed by atoms with Crippen LogP contribution in [0.25, 0.3) is 0 Å². The molecule has 0 spiro atoms. The Bertz CT molecular complexity index is 263. The molecule has 0 fully saturated rings. The molecule has 64 valence electrons. The zero-order valence-corrected chi connectivity index (χ0v) is 7.63. The molecule has 0 aromatic heterocycles. The van der Waals surface area contributed by atoms with E-state index in [2.05, 4.69) is 18.7 Å². The standard InChI is InChI=1S/C11H14O/c1-10-6-4-3-5-7-11(10)8-9-12-2/h3-4,6-7H,8-9H2,1-2H3. The lowest BCUT2D eigenvalue weighted by Gasteiger charge is -2.02. The maximum Gasteiger partial charge on any atom is 0.0502 e. The van der Waals surface area contributed by atoms with E-state index >= 15 is 0 Å². The molecule has 1 nitrogen and oxygen atoms in total. The average molecular weight is 162 g/mol. The van der Waals surface area contributed by atoms with E-state index in [0.29, 0.717) is 0 Å². The zero-order valence-electron chi connectivity index (χ0n) is 7.63. The number of hydrogen-bond donors (Lipinski definition) is 0. The fourth-order valence-corrected chi connectivity index (χ4v) is 1.10. The topological polar surface area (TPSA) is 9.23 Å². The lowest BCUT2D eigenvalue weighted by molar-refractivity contribution is 0.202. The van der Waals surface area contributed by atoms with Crippen molar-refractivity contribution in [2.45, 2.75) is 13.3 Å². The summed E-state index contributed by atoms with van der Waals surface area (Å²) in [4.78, 5) is 0. The highest BCUT2D eigenvalue weighted by Crippen LogP contribution is 2.13. The van der Waals surface area contributed by atoms with Crippen molar-refractivity contribution >= 4 is 0 Å². The largest absolute Gasteiger partial charge is 0.384 e. The number of allylic oxidation sites excluding steroid dienone is 4. The van der Waals surface area contributed by atoms with Crippen LogP contribution < -0.4 is 0 Å². The molecule has 0 saturated carbocycles. The molecule has 0 N–H and O–H groups in total. The molecule has 1 aliphatic rings. The summed E-state index contributed by atoms with van der Waals surface area (Å²) in [6.45, 7) is 2.89. The molecule has 0 aromatic rings. The summed E-state index contributed by atoms with van der Waals surface area (Å²) in [6.07, 6.45) is 9.01. The SMILES string of the molecule is COCCC1=C(C)C=CC=C=C1. The van der Waals surface area contributed by atoms with Crippen molar-refractivity contribution in [1.29, 1.82) is 0 Å². The third-order valence-corrected chi connectivity index (χ3v) is 1.88. The van der Waals surface area contributed by atoms with Crippen LogP contribution in [-0.4, -0.2) is 13.7 Å². The first kappa shape index (κ1) is 9.05. The fraction of sp³-hybridized carbons (Fsp3) is 0.364.